The van der Waals surface area contributed by atoms with E-state index in [4.69, 9.17) is 4.74 Å². The summed E-state index contributed by atoms with van der Waals surface area (Å²) >= 11 is 3.20. The number of carbonyl (C=O) groups excluding carboxylic acids is 1. The highest BCUT2D eigenvalue weighted by Crippen LogP contribution is 2.44. The number of ether oxygens (including phenoxy) is 1. The summed E-state index contributed by atoms with van der Waals surface area (Å²) in [5, 5.41) is 2.59. The lowest BCUT2D eigenvalue weighted by Gasteiger charge is -2.14. The number of pyridine rings is 1. The summed E-state index contributed by atoms with van der Waals surface area (Å²) in [6.45, 7) is 2.00. The van der Waals surface area contributed by atoms with Gasteiger partial charge in [-0.15, -0.1) is 0 Å². The third-order valence-corrected chi connectivity index (χ3v) is 5.72. The summed E-state index contributed by atoms with van der Waals surface area (Å²) < 4.78 is 5.91. The molecule has 5 nitrogen and oxygen atoms in total. The van der Waals surface area contributed by atoms with Crippen molar-refractivity contribution in [1.29, 1.82) is 0 Å². The Labute approximate surface area is 164 Å². The zero-order valence-corrected chi connectivity index (χ0v) is 16.2. The lowest BCUT2D eigenvalue weighted by molar-refractivity contribution is 0.158. The van der Waals surface area contributed by atoms with Gasteiger partial charge in [0.05, 0.1) is 4.47 Å². The van der Waals surface area contributed by atoms with Crippen LogP contribution in [0.15, 0.2) is 63.9 Å². The van der Waals surface area contributed by atoms with E-state index in [1.165, 1.54) is 11.1 Å². The molecule has 1 aromatic heterocycles. The van der Waals surface area contributed by atoms with Crippen LogP contribution in [0.4, 0.5) is 10.6 Å². The van der Waals surface area contributed by atoms with Crippen molar-refractivity contribution in [1.82, 2.24) is 4.98 Å². The van der Waals surface area contributed by atoms with E-state index in [9.17, 15) is 9.59 Å². The lowest BCUT2D eigenvalue weighted by atomic mass is 9.98. The number of halogens is 1. The van der Waals surface area contributed by atoms with Gasteiger partial charge in [-0.1, -0.05) is 48.5 Å². The van der Waals surface area contributed by atoms with E-state index in [1.807, 2.05) is 24.3 Å². The van der Waals surface area contributed by atoms with E-state index >= 15 is 0 Å². The summed E-state index contributed by atoms with van der Waals surface area (Å²) in [6, 6.07) is 18.0. The number of benzene rings is 2. The quantitative estimate of drug-likeness (QED) is 0.633. The summed E-state index contributed by atoms with van der Waals surface area (Å²) in [7, 11) is 0. The van der Waals surface area contributed by atoms with Crippen LogP contribution in [-0.2, 0) is 4.74 Å². The standard InChI is InChI=1S/C21H17BrN2O3/c1-12-10-18(23-20(25)19(12)22)24-21(26)27-11-17-15-8-4-2-6-13(15)14-7-3-5-9-16(14)17/h2-10,17H,11H2,1H3,(H2,23,24,25,26). The Morgan fingerprint density at radius 2 is 1.70 bits per heavy atom. The van der Waals surface area contributed by atoms with Crippen LogP contribution in [0.5, 0.6) is 0 Å². The van der Waals surface area contributed by atoms with E-state index in [1.54, 1.807) is 13.0 Å². The van der Waals surface area contributed by atoms with E-state index < -0.39 is 6.09 Å². The van der Waals surface area contributed by atoms with Crippen molar-refractivity contribution in [2.75, 3.05) is 11.9 Å². The number of aromatic amines is 1. The fourth-order valence-electron chi connectivity index (χ4n) is 3.48. The minimum atomic E-state index is -0.603. The number of H-pyrrole nitrogens is 1. The molecule has 1 amide bonds. The van der Waals surface area contributed by atoms with E-state index in [0.717, 1.165) is 16.7 Å². The number of aryl methyl sites for hydroxylation is 1. The van der Waals surface area contributed by atoms with Crippen LogP contribution in [0.25, 0.3) is 11.1 Å². The minimum absolute atomic E-state index is 0.00569. The first-order valence-corrected chi connectivity index (χ1v) is 9.35. The zero-order chi connectivity index (χ0) is 19.0. The van der Waals surface area contributed by atoms with Crippen LogP contribution in [0.2, 0.25) is 0 Å². The molecule has 6 heteroatoms. The number of carbonyl (C=O) groups is 1. The predicted octanol–water partition coefficient (Wildman–Crippen LogP) is 4.81. The van der Waals surface area contributed by atoms with Gasteiger partial charge in [0.2, 0.25) is 0 Å². The first-order chi connectivity index (χ1) is 13.0. The second-order valence-electron chi connectivity index (χ2n) is 6.46. The lowest BCUT2D eigenvalue weighted by Crippen LogP contribution is -2.20. The molecule has 27 heavy (non-hydrogen) atoms. The molecule has 1 aliphatic rings. The monoisotopic (exact) mass is 424 g/mol. The van der Waals surface area contributed by atoms with Crippen molar-refractivity contribution < 1.29 is 9.53 Å². The maximum absolute atomic E-state index is 12.2. The van der Waals surface area contributed by atoms with Crippen molar-refractivity contribution in [3.63, 3.8) is 0 Å². The van der Waals surface area contributed by atoms with Crippen molar-refractivity contribution in [3.8, 4) is 11.1 Å². The Morgan fingerprint density at radius 1 is 1.11 bits per heavy atom. The average Bonchev–Trinajstić information content (AvgIpc) is 2.98. The van der Waals surface area contributed by atoms with Crippen molar-refractivity contribution >= 4 is 27.8 Å². The molecule has 0 saturated heterocycles. The first-order valence-electron chi connectivity index (χ1n) is 8.56. The third-order valence-electron chi connectivity index (χ3n) is 4.74. The van der Waals surface area contributed by atoms with E-state index in [0.29, 0.717) is 10.3 Å². The van der Waals surface area contributed by atoms with Gasteiger partial charge >= 0.3 is 6.09 Å². The van der Waals surface area contributed by atoms with Crippen LogP contribution in [0.1, 0.15) is 22.6 Å². The second-order valence-corrected chi connectivity index (χ2v) is 7.25. The van der Waals surface area contributed by atoms with Crippen molar-refractivity contribution in [3.05, 3.63) is 86.1 Å². The normalized spacial score (nSPS) is 12.4. The smallest absolute Gasteiger partial charge is 0.412 e. The number of anilines is 1. The molecule has 0 fully saturated rings. The number of aromatic nitrogens is 1. The van der Waals surface area contributed by atoms with Crippen LogP contribution in [0, 0.1) is 6.92 Å². The van der Waals surface area contributed by atoms with Crippen molar-refractivity contribution in [2.24, 2.45) is 0 Å². The molecule has 0 atom stereocenters. The predicted molar refractivity (Wildman–Crippen MR) is 108 cm³/mol. The van der Waals surface area contributed by atoms with Gasteiger partial charge in [0, 0.05) is 5.92 Å². The Bertz CT molecular complexity index is 1050. The molecule has 0 aliphatic heterocycles. The summed E-state index contributed by atoms with van der Waals surface area (Å²) in [5.74, 6) is 0.298. The molecule has 136 valence electrons. The molecule has 0 bridgehead atoms. The van der Waals surface area contributed by atoms with Crippen LogP contribution in [-0.4, -0.2) is 17.7 Å². The van der Waals surface area contributed by atoms with Crippen LogP contribution < -0.4 is 10.9 Å². The van der Waals surface area contributed by atoms with Gasteiger partial charge in [0.1, 0.15) is 12.4 Å². The number of nitrogens with one attached hydrogen (secondary N) is 2. The Hall–Kier alpha value is -2.86. The Kier molecular flexibility index (Phi) is 4.58. The minimum Gasteiger partial charge on any atom is -0.448 e. The van der Waals surface area contributed by atoms with Gasteiger partial charge in [-0.05, 0) is 56.7 Å². The van der Waals surface area contributed by atoms with Gasteiger partial charge < -0.3 is 9.72 Å². The van der Waals surface area contributed by atoms with Gasteiger partial charge in [-0.3, -0.25) is 10.1 Å². The van der Waals surface area contributed by atoms with Gasteiger partial charge in [0.15, 0.2) is 0 Å². The third kappa shape index (κ3) is 3.28. The molecule has 1 aliphatic carbocycles. The van der Waals surface area contributed by atoms with Gasteiger partial charge in [-0.25, -0.2) is 4.79 Å². The maximum atomic E-state index is 12.2. The highest BCUT2D eigenvalue weighted by molar-refractivity contribution is 9.10. The maximum Gasteiger partial charge on any atom is 0.412 e. The summed E-state index contributed by atoms with van der Waals surface area (Å²) in [4.78, 5) is 26.6. The molecule has 1 heterocycles. The molecule has 4 rings (SSSR count). The number of rotatable bonds is 3. The molecule has 0 unspecified atom stereocenters. The van der Waals surface area contributed by atoms with Crippen LogP contribution in [0.3, 0.4) is 0 Å². The number of hydrogen-bond acceptors (Lipinski definition) is 3. The molecular formula is C21H17BrN2O3. The Balaban J connectivity index is 1.51. The average molecular weight is 425 g/mol. The molecule has 0 radical (unpaired) electrons. The van der Waals surface area contributed by atoms with Crippen molar-refractivity contribution in [2.45, 2.75) is 12.8 Å². The van der Waals surface area contributed by atoms with E-state index in [-0.39, 0.29) is 18.1 Å². The molecule has 0 spiro atoms. The fraction of sp³-hybridized carbons (Fsp3) is 0.143. The van der Waals surface area contributed by atoms with Gasteiger partial charge in [-0.2, -0.15) is 0 Å². The molecule has 2 aromatic carbocycles. The second kappa shape index (κ2) is 7.04. The molecule has 2 N–H and O–H groups in total. The SMILES string of the molecule is Cc1cc(NC(=O)OCC2c3ccccc3-c3ccccc32)[nH]c(=O)c1Br. The Morgan fingerprint density at radius 3 is 2.30 bits per heavy atom. The van der Waals surface area contributed by atoms with Gasteiger partial charge in [0.25, 0.3) is 5.56 Å². The zero-order valence-electron chi connectivity index (χ0n) is 14.6. The number of amides is 1. The number of fused-ring (bicyclic) bond motifs is 3. The highest BCUT2D eigenvalue weighted by atomic mass is 79.9. The topological polar surface area (TPSA) is 71.2 Å². The summed E-state index contributed by atoms with van der Waals surface area (Å²) in [6.07, 6.45) is -0.603. The largest absolute Gasteiger partial charge is 0.448 e. The highest BCUT2D eigenvalue weighted by Gasteiger charge is 2.29. The van der Waals surface area contributed by atoms with Crippen LogP contribution >= 0.6 is 15.9 Å². The summed E-state index contributed by atoms with van der Waals surface area (Å²) in [5.41, 5.74) is 5.08. The number of hydrogen-bond donors (Lipinski definition) is 2. The molecular weight excluding hydrogens is 408 g/mol. The molecule has 3 aromatic rings. The molecule has 0 saturated carbocycles. The fourth-order valence-corrected chi connectivity index (χ4v) is 3.70. The van der Waals surface area contributed by atoms with E-state index in [2.05, 4.69) is 50.5 Å². The first kappa shape index (κ1) is 17.5.